The van der Waals surface area contributed by atoms with Crippen molar-refractivity contribution in [2.24, 2.45) is 0 Å². The number of carboxylic acid groups (broad SMARTS) is 1. The summed E-state index contributed by atoms with van der Waals surface area (Å²) in [5, 5.41) is 48.7. The zero-order valence-electron chi connectivity index (χ0n) is 29.9. The summed E-state index contributed by atoms with van der Waals surface area (Å²) in [6, 6.07) is 1.37. The van der Waals surface area contributed by atoms with Crippen molar-refractivity contribution in [3.8, 4) is 0 Å². The van der Waals surface area contributed by atoms with Crippen LogP contribution in [0.2, 0.25) is 0 Å². The molecule has 0 aliphatic carbocycles. The molecule has 6 N–H and O–H groups in total. The highest BCUT2D eigenvalue weighted by atomic mass is 19.4. The summed E-state index contributed by atoms with van der Waals surface area (Å²) in [4.78, 5) is 54.2. The van der Waals surface area contributed by atoms with Crippen LogP contribution in [0.5, 0.6) is 0 Å². The van der Waals surface area contributed by atoms with Crippen LogP contribution in [0.4, 0.5) is 18.0 Å². The van der Waals surface area contributed by atoms with Crippen molar-refractivity contribution in [2.75, 3.05) is 45.9 Å². The van der Waals surface area contributed by atoms with Gasteiger partial charge in [0.05, 0.1) is 42.6 Å². The number of likely N-dealkylation sites (tertiary alicyclic amines) is 1. The van der Waals surface area contributed by atoms with Gasteiger partial charge in [-0.05, 0) is 57.9 Å². The number of alkyl halides is 3. The Labute approximate surface area is 299 Å². The van der Waals surface area contributed by atoms with Gasteiger partial charge in [0.2, 0.25) is 5.91 Å². The number of benzene rings is 1. The molecule has 3 aliphatic rings. The van der Waals surface area contributed by atoms with Gasteiger partial charge < -0.3 is 50.2 Å². The fraction of sp³-hybridized carbons (Fsp3) is 0.706. The van der Waals surface area contributed by atoms with E-state index in [1.165, 1.54) is 6.92 Å². The van der Waals surface area contributed by atoms with Crippen molar-refractivity contribution in [3.63, 3.8) is 0 Å². The minimum atomic E-state index is -4.62. The number of carbonyl (C=O) groups is 4. The second kappa shape index (κ2) is 15.8. The first kappa shape index (κ1) is 41.2. The molecule has 0 radical (unpaired) electrons. The number of carboxylic acids is 1. The van der Waals surface area contributed by atoms with Gasteiger partial charge in [0.1, 0.15) is 17.8 Å². The van der Waals surface area contributed by atoms with E-state index in [9.17, 15) is 52.8 Å². The Morgan fingerprint density at radius 2 is 1.83 bits per heavy atom. The van der Waals surface area contributed by atoms with Crippen LogP contribution in [0.3, 0.4) is 0 Å². The molecule has 292 valence electrons. The molecular formula is C34H49F3N4O11. The molecule has 0 aromatic heterocycles. The number of hydrogen-bond donors (Lipinski definition) is 6. The average Bonchev–Trinajstić information content (AvgIpc) is 3.46. The maximum atomic E-state index is 13.2. The Bertz CT molecular complexity index is 1490. The highest BCUT2D eigenvalue weighted by Crippen LogP contribution is 2.38. The normalized spacial score (nSPS) is 28.3. The number of rotatable bonds is 10. The molecule has 3 heterocycles. The van der Waals surface area contributed by atoms with E-state index < -0.39 is 95.8 Å². The summed E-state index contributed by atoms with van der Waals surface area (Å²) < 4.78 is 56.9. The lowest BCUT2D eigenvalue weighted by Gasteiger charge is -2.49. The minimum absolute atomic E-state index is 0.114. The van der Waals surface area contributed by atoms with Gasteiger partial charge in [-0.2, -0.15) is 13.2 Å². The topological polar surface area (TPSA) is 207 Å². The third-order valence-electron chi connectivity index (χ3n) is 9.74. The van der Waals surface area contributed by atoms with E-state index in [0.717, 1.165) is 25.1 Å². The SMILES string of the molecule is CC(=O)N[C@H]1[C@H]([C@H](O)[C@H](O)CNC(=O)c2ccc(C(F)(F)F)c(C)c2)O[C@@](CCN2CCOC[C@@]23CCN(C(=O)OC(C)(C)C)C3)(C(=O)O)C[C@@H]1O. The molecule has 1 spiro atoms. The third-order valence-corrected chi connectivity index (χ3v) is 9.74. The molecular weight excluding hydrogens is 697 g/mol. The van der Waals surface area contributed by atoms with Crippen LogP contribution in [-0.4, -0.2) is 147 Å². The fourth-order valence-electron chi connectivity index (χ4n) is 7.07. The first-order valence-corrected chi connectivity index (χ1v) is 17.1. The van der Waals surface area contributed by atoms with Crippen molar-refractivity contribution in [1.29, 1.82) is 0 Å². The second-order valence-corrected chi connectivity index (χ2v) is 14.8. The fourth-order valence-corrected chi connectivity index (χ4v) is 7.07. The summed E-state index contributed by atoms with van der Waals surface area (Å²) in [6.07, 6.45) is -12.3. The zero-order valence-corrected chi connectivity index (χ0v) is 29.9. The van der Waals surface area contributed by atoms with Crippen LogP contribution in [0, 0.1) is 6.92 Å². The molecule has 0 unspecified atom stereocenters. The number of carbonyl (C=O) groups excluding carboxylic acids is 3. The molecule has 3 amide bonds. The Balaban J connectivity index is 1.49. The molecule has 3 aliphatic heterocycles. The quantitative estimate of drug-likeness (QED) is 0.199. The first-order chi connectivity index (χ1) is 24.1. The van der Waals surface area contributed by atoms with Gasteiger partial charge >= 0.3 is 18.2 Å². The number of hydrogen-bond acceptors (Lipinski definition) is 11. The van der Waals surface area contributed by atoms with Crippen LogP contribution in [0.1, 0.15) is 68.4 Å². The van der Waals surface area contributed by atoms with Gasteiger partial charge in [0.15, 0.2) is 5.60 Å². The number of amides is 3. The lowest BCUT2D eigenvalue weighted by molar-refractivity contribution is -0.231. The smallest absolute Gasteiger partial charge is 0.416 e. The minimum Gasteiger partial charge on any atom is -0.479 e. The molecule has 4 rings (SSSR count). The van der Waals surface area contributed by atoms with Crippen molar-refractivity contribution in [2.45, 2.75) is 107 Å². The predicted molar refractivity (Wildman–Crippen MR) is 176 cm³/mol. The maximum absolute atomic E-state index is 13.2. The van der Waals surface area contributed by atoms with Crippen LogP contribution in [0.25, 0.3) is 0 Å². The number of aliphatic carboxylic acids is 1. The maximum Gasteiger partial charge on any atom is 0.416 e. The van der Waals surface area contributed by atoms with E-state index in [1.54, 1.807) is 25.7 Å². The predicted octanol–water partition coefficient (Wildman–Crippen LogP) is 1.05. The summed E-state index contributed by atoms with van der Waals surface area (Å²) in [6.45, 7) is 8.73. The highest BCUT2D eigenvalue weighted by molar-refractivity contribution is 5.94. The molecule has 1 aromatic carbocycles. The third kappa shape index (κ3) is 9.51. The number of aliphatic hydroxyl groups is 3. The number of aliphatic hydroxyl groups excluding tert-OH is 3. The summed E-state index contributed by atoms with van der Waals surface area (Å²) in [5.74, 6) is -2.96. The number of nitrogens with one attached hydrogen (secondary N) is 2. The largest absolute Gasteiger partial charge is 0.479 e. The molecule has 0 saturated carbocycles. The first-order valence-electron chi connectivity index (χ1n) is 17.1. The number of aryl methyl sites for hydroxylation is 1. The Morgan fingerprint density at radius 3 is 2.42 bits per heavy atom. The van der Waals surface area contributed by atoms with Crippen LogP contribution >= 0.6 is 0 Å². The second-order valence-electron chi connectivity index (χ2n) is 14.8. The Kier molecular flexibility index (Phi) is 12.5. The molecule has 3 fully saturated rings. The van der Waals surface area contributed by atoms with E-state index >= 15 is 0 Å². The molecule has 18 heteroatoms. The zero-order chi connectivity index (χ0) is 38.8. The van der Waals surface area contributed by atoms with Crippen LogP contribution in [-0.2, 0) is 30.0 Å². The van der Waals surface area contributed by atoms with E-state index in [-0.39, 0.29) is 37.2 Å². The summed E-state index contributed by atoms with van der Waals surface area (Å²) >= 11 is 0. The van der Waals surface area contributed by atoms with Crippen molar-refractivity contribution in [3.05, 3.63) is 34.9 Å². The summed E-state index contributed by atoms with van der Waals surface area (Å²) in [5.41, 5.74) is -4.74. The van der Waals surface area contributed by atoms with Crippen molar-refractivity contribution < 1.29 is 67.0 Å². The van der Waals surface area contributed by atoms with Crippen molar-refractivity contribution >= 4 is 23.9 Å². The average molecular weight is 747 g/mol. The molecule has 3 saturated heterocycles. The van der Waals surface area contributed by atoms with Gasteiger partial charge in [-0.3, -0.25) is 14.5 Å². The van der Waals surface area contributed by atoms with E-state index in [4.69, 9.17) is 14.2 Å². The molecule has 15 nitrogen and oxygen atoms in total. The van der Waals surface area contributed by atoms with E-state index in [2.05, 4.69) is 10.6 Å². The number of nitrogens with zero attached hydrogens (tertiary/aromatic N) is 2. The molecule has 0 bridgehead atoms. The van der Waals surface area contributed by atoms with E-state index in [1.807, 2.05) is 4.90 Å². The molecule has 52 heavy (non-hydrogen) atoms. The van der Waals surface area contributed by atoms with Crippen LogP contribution in [0.15, 0.2) is 18.2 Å². The van der Waals surface area contributed by atoms with Gasteiger partial charge in [-0.1, -0.05) is 0 Å². The van der Waals surface area contributed by atoms with Crippen molar-refractivity contribution in [1.82, 2.24) is 20.4 Å². The van der Waals surface area contributed by atoms with Gasteiger partial charge in [-0.15, -0.1) is 0 Å². The number of halogens is 3. The standard InChI is InChI=1S/C34H49F3N4O11/c1-19-14-21(6-7-22(19)34(35,36)37)28(46)38-16-24(44)26(45)27-25(39-20(2)42)23(43)15-33(51-27,29(47)48)9-11-41-12-13-50-18-32(41)8-10-40(17-32)30(49)52-31(3,4)5/h6-7,14,23-27,43-45H,8-13,15-18H2,1-5H3,(H,38,46)(H,39,42)(H,47,48)/t23-,24+,25+,26+,27+,32-,33+/m0/s1. The monoisotopic (exact) mass is 746 g/mol. The molecule has 7 atom stereocenters. The lowest BCUT2D eigenvalue weighted by atomic mass is 9.81. The van der Waals surface area contributed by atoms with Gasteiger partial charge in [0, 0.05) is 58.1 Å². The van der Waals surface area contributed by atoms with Gasteiger partial charge in [0.25, 0.3) is 5.91 Å². The number of morpholine rings is 1. The lowest BCUT2D eigenvalue weighted by Crippen LogP contribution is -2.68. The van der Waals surface area contributed by atoms with Crippen LogP contribution < -0.4 is 10.6 Å². The number of ether oxygens (including phenoxy) is 3. The Hall–Kier alpha value is -3.55. The summed E-state index contributed by atoms with van der Waals surface area (Å²) in [7, 11) is 0. The highest BCUT2D eigenvalue weighted by Gasteiger charge is 2.55. The Morgan fingerprint density at radius 1 is 1.13 bits per heavy atom. The van der Waals surface area contributed by atoms with E-state index in [0.29, 0.717) is 26.1 Å². The molecule has 1 aromatic rings. The van der Waals surface area contributed by atoms with Gasteiger partial charge in [-0.25, -0.2) is 9.59 Å².